The Morgan fingerprint density at radius 3 is 2.62 bits per heavy atom. The molecule has 1 aromatic heterocycles. The molecule has 0 spiro atoms. The second-order valence-corrected chi connectivity index (χ2v) is 5.93. The van der Waals surface area contributed by atoms with Crippen LogP contribution < -0.4 is 10.6 Å². The highest BCUT2D eigenvalue weighted by atomic mass is 127. The van der Waals surface area contributed by atoms with Crippen LogP contribution in [-0.4, -0.2) is 44.6 Å². The third-order valence-corrected chi connectivity index (χ3v) is 3.74. The van der Waals surface area contributed by atoms with E-state index in [0.717, 1.165) is 43.4 Å². The molecule has 134 valence electrons. The summed E-state index contributed by atoms with van der Waals surface area (Å²) < 4.78 is 5.92. The number of hydrogen-bond acceptors (Lipinski definition) is 3. The zero-order chi connectivity index (χ0) is 16.7. The van der Waals surface area contributed by atoms with Crippen molar-refractivity contribution in [2.45, 2.75) is 26.8 Å². The summed E-state index contributed by atoms with van der Waals surface area (Å²) in [5, 5.41) is 7.82. The fourth-order valence-corrected chi connectivity index (χ4v) is 2.47. The van der Waals surface area contributed by atoms with E-state index >= 15 is 0 Å². The number of aryl methyl sites for hydroxylation is 1. The minimum atomic E-state index is 0. The van der Waals surface area contributed by atoms with Crippen molar-refractivity contribution in [3.05, 3.63) is 35.6 Å². The second-order valence-electron chi connectivity index (χ2n) is 5.93. The summed E-state index contributed by atoms with van der Waals surface area (Å²) >= 11 is 0. The quantitative estimate of drug-likeness (QED) is 0.298. The maximum Gasteiger partial charge on any atom is 0.191 e. The smallest absolute Gasteiger partial charge is 0.191 e. The molecule has 1 heterocycles. The van der Waals surface area contributed by atoms with Gasteiger partial charge in [0.2, 0.25) is 0 Å². The molecule has 0 bridgehead atoms. The number of nitrogens with zero attached hydrogens (tertiary/aromatic N) is 2. The molecule has 1 aromatic carbocycles. The van der Waals surface area contributed by atoms with Gasteiger partial charge in [-0.25, -0.2) is 4.99 Å². The number of furan rings is 1. The summed E-state index contributed by atoms with van der Waals surface area (Å²) in [7, 11) is 4.17. The van der Waals surface area contributed by atoms with Crippen LogP contribution in [-0.2, 0) is 6.54 Å². The van der Waals surface area contributed by atoms with Crippen LogP contribution in [0.2, 0.25) is 0 Å². The van der Waals surface area contributed by atoms with Crippen LogP contribution in [0.5, 0.6) is 0 Å². The maximum atomic E-state index is 5.92. The topological polar surface area (TPSA) is 52.8 Å². The van der Waals surface area contributed by atoms with E-state index in [4.69, 9.17) is 4.42 Å². The lowest BCUT2D eigenvalue weighted by atomic mass is 10.1. The molecular formula is C18H29IN4O. The van der Waals surface area contributed by atoms with Crippen LogP contribution in [0, 0.1) is 6.92 Å². The minimum absolute atomic E-state index is 0. The predicted octanol–water partition coefficient (Wildman–Crippen LogP) is 3.37. The minimum Gasteiger partial charge on any atom is -0.459 e. The van der Waals surface area contributed by atoms with E-state index in [9.17, 15) is 0 Å². The van der Waals surface area contributed by atoms with Crippen LogP contribution >= 0.6 is 24.0 Å². The van der Waals surface area contributed by atoms with Crippen LogP contribution in [0.3, 0.4) is 0 Å². The van der Waals surface area contributed by atoms with Gasteiger partial charge < -0.3 is 20.0 Å². The maximum absolute atomic E-state index is 5.92. The standard InChI is InChI=1S/C18H28N4O.HI/c1-5-19-18(20-11-8-12-22(3)4)21-13-17-14(2)15-9-6-7-10-16(15)23-17;/h6-7,9-10H,5,8,11-13H2,1-4H3,(H2,19,20,21);1H. The molecule has 0 fully saturated rings. The van der Waals surface area contributed by atoms with Gasteiger partial charge in [0.25, 0.3) is 0 Å². The van der Waals surface area contributed by atoms with Gasteiger partial charge in [0.15, 0.2) is 5.96 Å². The molecule has 6 heteroatoms. The second kappa shape index (κ2) is 10.6. The van der Waals surface area contributed by atoms with E-state index in [2.05, 4.69) is 54.5 Å². The molecule has 0 aliphatic rings. The molecule has 0 atom stereocenters. The van der Waals surface area contributed by atoms with Gasteiger partial charge >= 0.3 is 0 Å². The van der Waals surface area contributed by atoms with Crippen molar-refractivity contribution >= 4 is 40.9 Å². The average molecular weight is 444 g/mol. The SMILES string of the molecule is CCNC(=NCc1oc2ccccc2c1C)NCCCN(C)C.I. The fourth-order valence-electron chi connectivity index (χ4n) is 2.47. The number of fused-ring (bicyclic) bond motifs is 1. The Balaban J connectivity index is 0.00000288. The lowest BCUT2D eigenvalue weighted by Gasteiger charge is -2.13. The van der Waals surface area contributed by atoms with E-state index < -0.39 is 0 Å². The van der Waals surface area contributed by atoms with Crippen LogP contribution in [0.4, 0.5) is 0 Å². The van der Waals surface area contributed by atoms with Crippen molar-refractivity contribution in [1.29, 1.82) is 0 Å². The number of hydrogen-bond donors (Lipinski definition) is 2. The fraction of sp³-hybridized carbons (Fsp3) is 0.500. The molecule has 0 unspecified atom stereocenters. The largest absolute Gasteiger partial charge is 0.459 e. The molecule has 2 aromatic rings. The summed E-state index contributed by atoms with van der Waals surface area (Å²) in [5.74, 6) is 1.77. The van der Waals surface area contributed by atoms with Gasteiger partial charge in [-0.3, -0.25) is 0 Å². The zero-order valence-electron chi connectivity index (χ0n) is 15.1. The van der Waals surface area contributed by atoms with Gasteiger partial charge in [0.05, 0.1) is 0 Å². The highest BCUT2D eigenvalue weighted by Crippen LogP contribution is 2.25. The normalized spacial score (nSPS) is 11.6. The van der Waals surface area contributed by atoms with E-state index in [0.29, 0.717) is 6.54 Å². The van der Waals surface area contributed by atoms with E-state index in [-0.39, 0.29) is 24.0 Å². The third-order valence-electron chi connectivity index (χ3n) is 3.74. The molecule has 0 aliphatic carbocycles. The molecule has 0 saturated carbocycles. The first-order valence-electron chi connectivity index (χ1n) is 8.25. The molecule has 24 heavy (non-hydrogen) atoms. The molecule has 0 aliphatic heterocycles. The lowest BCUT2D eigenvalue weighted by Crippen LogP contribution is -2.38. The Bertz CT molecular complexity index is 652. The summed E-state index contributed by atoms with van der Waals surface area (Å²) in [6.07, 6.45) is 1.08. The Morgan fingerprint density at radius 2 is 1.96 bits per heavy atom. The lowest BCUT2D eigenvalue weighted by molar-refractivity contribution is 0.399. The molecule has 0 radical (unpaired) electrons. The molecule has 5 nitrogen and oxygen atoms in total. The van der Waals surface area contributed by atoms with Crippen LogP contribution in [0.25, 0.3) is 11.0 Å². The Hall–Kier alpha value is -1.28. The van der Waals surface area contributed by atoms with Gasteiger partial charge in [-0.15, -0.1) is 24.0 Å². The first kappa shape index (κ1) is 20.8. The summed E-state index contributed by atoms with van der Waals surface area (Å²) in [4.78, 5) is 6.83. The number of rotatable bonds is 7. The van der Waals surface area contributed by atoms with E-state index in [1.165, 1.54) is 10.9 Å². The molecule has 2 rings (SSSR count). The first-order valence-corrected chi connectivity index (χ1v) is 8.25. The van der Waals surface area contributed by atoms with Crippen LogP contribution in [0.15, 0.2) is 33.7 Å². The van der Waals surface area contributed by atoms with Gasteiger partial charge in [-0.1, -0.05) is 18.2 Å². The summed E-state index contributed by atoms with van der Waals surface area (Å²) in [6, 6.07) is 8.12. The van der Waals surface area contributed by atoms with E-state index in [1.807, 2.05) is 18.2 Å². The van der Waals surface area contributed by atoms with Crippen molar-refractivity contribution in [1.82, 2.24) is 15.5 Å². The van der Waals surface area contributed by atoms with Gasteiger partial charge in [-0.2, -0.15) is 0 Å². The Morgan fingerprint density at radius 1 is 1.21 bits per heavy atom. The average Bonchev–Trinajstić information content (AvgIpc) is 2.85. The van der Waals surface area contributed by atoms with Crippen molar-refractivity contribution in [3.63, 3.8) is 0 Å². The zero-order valence-corrected chi connectivity index (χ0v) is 17.4. The molecule has 0 amide bonds. The van der Waals surface area contributed by atoms with Crippen molar-refractivity contribution in [2.75, 3.05) is 33.7 Å². The molecule has 0 saturated heterocycles. The number of nitrogens with one attached hydrogen (secondary N) is 2. The van der Waals surface area contributed by atoms with Gasteiger partial charge in [0.1, 0.15) is 17.9 Å². The van der Waals surface area contributed by atoms with Gasteiger partial charge in [0, 0.05) is 24.0 Å². The molecular weight excluding hydrogens is 415 g/mol. The van der Waals surface area contributed by atoms with E-state index in [1.54, 1.807) is 0 Å². The number of halogens is 1. The summed E-state index contributed by atoms with van der Waals surface area (Å²) in [5.41, 5.74) is 2.10. The first-order chi connectivity index (χ1) is 11.1. The van der Waals surface area contributed by atoms with Crippen molar-refractivity contribution in [3.8, 4) is 0 Å². The number of guanidine groups is 1. The van der Waals surface area contributed by atoms with Crippen LogP contribution in [0.1, 0.15) is 24.7 Å². The number of para-hydroxylation sites is 1. The Kier molecular flexibility index (Phi) is 9.13. The molecule has 2 N–H and O–H groups in total. The highest BCUT2D eigenvalue weighted by Gasteiger charge is 2.09. The third kappa shape index (κ3) is 5.98. The number of benzene rings is 1. The highest BCUT2D eigenvalue weighted by molar-refractivity contribution is 14.0. The monoisotopic (exact) mass is 444 g/mol. The number of aliphatic imine (C=N–C) groups is 1. The van der Waals surface area contributed by atoms with Crippen molar-refractivity contribution in [2.24, 2.45) is 4.99 Å². The summed E-state index contributed by atoms with van der Waals surface area (Å²) in [6.45, 7) is 7.53. The Labute approximate surface area is 161 Å². The van der Waals surface area contributed by atoms with Crippen molar-refractivity contribution < 1.29 is 4.42 Å². The predicted molar refractivity (Wildman–Crippen MR) is 112 cm³/mol. The van der Waals surface area contributed by atoms with Gasteiger partial charge in [-0.05, 0) is 47.0 Å².